The Morgan fingerprint density at radius 3 is 2.34 bits per heavy atom. The van der Waals surface area contributed by atoms with Crippen LogP contribution in [0.4, 0.5) is 5.69 Å². The molecule has 4 rings (SSSR count). The summed E-state index contributed by atoms with van der Waals surface area (Å²) in [5, 5.41) is 2.71. The van der Waals surface area contributed by atoms with Crippen LogP contribution >= 0.6 is 11.3 Å². The SMILES string of the molecule is CCOC(=O)Cn1c(=NC(=O)c2ccc(S(=O)(=O)N3CCCCCC3)cc2)sc2cc(NC(C)=O)ccc21. The van der Waals surface area contributed by atoms with E-state index in [0.717, 1.165) is 25.7 Å². The van der Waals surface area contributed by atoms with E-state index in [1.165, 1.54) is 46.8 Å². The number of thiazole rings is 1. The fourth-order valence-corrected chi connectivity index (χ4v) is 6.86. The van der Waals surface area contributed by atoms with E-state index >= 15 is 0 Å². The molecule has 0 unspecified atom stereocenters. The van der Waals surface area contributed by atoms with Gasteiger partial charge in [-0.05, 0) is 62.2 Å². The molecule has 202 valence electrons. The van der Waals surface area contributed by atoms with E-state index < -0.39 is 21.9 Å². The molecule has 1 N–H and O–H groups in total. The number of benzene rings is 2. The average molecular weight is 559 g/mol. The third kappa shape index (κ3) is 6.37. The van der Waals surface area contributed by atoms with Crippen LogP contribution in [0.3, 0.4) is 0 Å². The molecular formula is C26H30N4O6S2. The Morgan fingerprint density at radius 2 is 1.71 bits per heavy atom. The summed E-state index contributed by atoms with van der Waals surface area (Å²) in [6.07, 6.45) is 3.71. The second-order valence-corrected chi connectivity index (χ2v) is 11.8. The first-order valence-electron chi connectivity index (χ1n) is 12.4. The summed E-state index contributed by atoms with van der Waals surface area (Å²) in [6, 6.07) is 11.0. The first kappa shape index (κ1) is 27.7. The number of amides is 2. The van der Waals surface area contributed by atoms with Gasteiger partial charge in [-0.1, -0.05) is 24.2 Å². The molecule has 38 heavy (non-hydrogen) atoms. The fourth-order valence-electron chi connectivity index (χ4n) is 4.28. The number of carbonyl (C=O) groups excluding carboxylic acids is 3. The monoisotopic (exact) mass is 558 g/mol. The molecule has 0 saturated carbocycles. The summed E-state index contributed by atoms with van der Waals surface area (Å²) in [6.45, 7) is 4.17. The summed E-state index contributed by atoms with van der Waals surface area (Å²) >= 11 is 1.19. The highest BCUT2D eigenvalue weighted by molar-refractivity contribution is 7.89. The molecule has 1 aliphatic heterocycles. The number of sulfonamides is 1. The second kappa shape index (κ2) is 12.0. The van der Waals surface area contributed by atoms with Gasteiger partial charge >= 0.3 is 5.97 Å². The van der Waals surface area contributed by atoms with Crippen molar-refractivity contribution in [3.05, 3.63) is 52.8 Å². The molecule has 1 aromatic heterocycles. The number of nitrogens with one attached hydrogen (secondary N) is 1. The zero-order valence-electron chi connectivity index (χ0n) is 21.3. The van der Waals surface area contributed by atoms with E-state index in [4.69, 9.17) is 4.74 Å². The van der Waals surface area contributed by atoms with Gasteiger partial charge in [-0.25, -0.2) is 8.42 Å². The topological polar surface area (TPSA) is 127 Å². The number of esters is 1. The van der Waals surface area contributed by atoms with E-state index in [2.05, 4.69) is 10.3 Å². The maximum absolute atomic E-state index is 13.1. The summed E-state index contributed by atoms with van der Waals surface area (Å²) in [7, 11) is -3.63. The molecule has 2 aromatic carbocycles. The van der Waals surface area contributed by atoms with Crippen molar-refractivity contribution in [2.24, 2.45) is 4.99 Å². The quantitative estimate of drug-likeness (QED) is 0.442. The van der Waals surface area contributed by atoms with E-state index in [0.29, 0.717) is 29.0 Å². The molecule has 0 atom stereocenters. The Morgan fingerprint density at radius 1 is 1.03 bits per heavy atom. The molecule has 2 amide bonds. The van der Waals surface area contributed by atoms with Gasteiger partial charge in [-0.15, -0.1) is 0 Å². The van der Waals surface area contributed by atoms with Crippen molar-refractivity contribution < 1.29 is 27.5 Å². The predicted octanol–water partition coefficient (Wildman–Crippen LogP) is 3.53. The first-order chi connectivity index (χ1) is 18.2. The highest BCUT2D eigenvalue weighted by Gasteiger charge is 2.25. The van der Waals surface area contributed by atoms with Crippen molar-refractivity contribution >= 4 is 55.0 Å². The van der Waals surface area contributed by atoms with Crippen LogP contribution in [0.25, 0.3) is 10.2 Å². The van der Waals surface area contributed by atoms with Crippen LogP contribution in [-0.4, -0.2) is 54.8 Å². The first-order valence-corrected chi connectivity index (χ1v) is 14.7. The molecule has 0 radical (unpaired) electrons. The van der Waals surface area contributed by atoms with Crippen LogP contribution in [0.15, 0.2) is 52.4 Å². The van der Waals surface area contributed by atoms with Gasteiger partial charge in [0.2, 0.25) is 15.9 Å². The highest BCUT2D eigenvalue weighted by Crippen LogP contribution is 2.23. The maximum atomic E-state index is 13.1. The Labute approximate surface area is 225 Å². The molecule has 1 saturated heterocycles. The maximum Gasteiger partial charge on any atom is 0.326 e. The predicted molar refractivity (Wildman–Crippen MR) is 144 cm³/mol. The smallest absolute Gasteiger partial charge is 0.326 e. The van der Waals surface area contributed by atoms with Crippen molar-refractivity contribution in [2.75, 3.05) is 25.0 Å². The molecule has 1 fully saturated rings. The molecule has 0 bridgehead atoms. The lowest BCUT2D eigenvalue weighted by molar-refractivity contribution is -0.143. The minimum absolute atomic E-state index is 0.140. The van der Waals surface area contributed by atoms with Crippen LogP contribution < -0.4 is 10.1 Å². The third-order valence-electron chi connectivity index (χ3n) is 6.10. The Kier molecular flexibility index (Phi) is 8.75. The molecule has 3 aromatic rings. The van der Waals surface area contributed by atoms with Gasteiger partial charge in [-0.3, -0.25) is 14.4 Å². The Bertz CT molecular complexity index is 1520. The van der Waals surface area contributed by atoms with Crippen LogP contribution in [0, 0.1) is 0 Å². The second-order valence-electron chi connectivity index (χ2n) is 8.90. The van der Waals surface area contributed by atoms with E-state index in [-0.39, 0.29) is 34.3 Å². The van der Waals surface area contributed by atoms with Crippen molar-refractivity contribution in [1.82, 2.24) is 8.87 Å². The zero-order chi connectivity index (χ0) is 27.3. The largest absolute Gasteiger partial charge is 0.465 e. The van der Waals surface area contributed by atoms with Gasteiger partial charge in [0.25, 0.3) is 5.91 Å². The van der Waals surface area contributed by atoms with Crippen LogP contribution in [0.5, 0.6) is 0 Å². The highest BCUT2D eigenvalue weighted by atomic mass is 32.2. The molecular weight excluding hydrogens is 528 g/mol. The van der Waals surface area contributed by atoms with Gasteiger partial charge in [0, 0.05) is 31.3 Å². The Hall–Kier alpha value is -3.35. The van der Waals surface area contributed by atoms with Gasteiger partial charge in [0.15, 0.2) is 4.80 Å². The van der Waals surface area contributed by atoms with Crippen molar-refractivity contribution in [1.29, 1.82) is 0 Å². The lowest BCUT2D eigenvalue weighted by Gasteiger charge is -2.19. The number of hydrogen-bond donors (Lipinski definition) is 1. The molecule has 12 heteroatoms. The molecule has 1 aliphatic rings. The number of hydrogen-bond acceptors (Lipinski definition) is 7. The molecule has 0 aliphatic carbocycles. The van der Waals surface area contributed by atoms with E-state index in [1.54, 1.807) is 29.7 Å². The number of rotatable bonds is 7. The molecule has 2 heterocycles. The number of nitrogens with zero attached hydrogens (tertiary/aromatic N) is 3. The summed E-state index contributed by atoms with van der Waals surface area (Å²) in [4.78, 5) is 41.5. The summed E-state index contributed by atoms with van der Waals surface area (Å²) < 4.78 is 35.0. The summed E-state index contributed by atoms with van der Waals surface area (Å²) in [5.74, 6) is -1.27. The normalized spacial score (nSPS) is 15.3. The average Bonchev–Trinajstić information content (AvgIpc) is 3.03. The lowest BCUT2D eigenvalue weighted by atomic mass is 10.2. The lowest BCUT2D eigenvalue weighted by Crippen LogP contribution is -2.31. The van der Waals surface area contributed by atoms with E-state index in [1.807, 2.05) is 0 Å². The standard InChI is InChI=1S/C26H30N4O6S2/c1-3-36-24(32)17-30-22-13-10-20(27-18(2)31)16-23(22)37-26(30)28-25(33)19-8-11-21(12-9-19)38(34,35)29-14-6-4-5-7-15-29/h8-13,16H,3-7,14-15,17H2,1-2H3,(H,27,31). The van der Waals surface area contributed by atoms with Crippen molar-refractivity contribution in [3.63, 3.8) is 0 Å². The summed E-state index contributed by atoms with van der Waals surface area (Å²) in [5.41, 5.74) is 1.45. The van der Waals surface area contributed by atoms with Gasteiger partial charge < -0.3 is 14.6 Å². The van der Waals surface area contributed by atoms with Crippen LogP contribution in [0.1, 0.15) is 49.9 Å². The zero-order valence-corrected chi connectivity index (χ0v) is 22.9. The minimum Gasteiger partial charge on any atom is -0.465 e. The number of anilines is 1. The van der Waals surface area contributed by atoms with E-state index in [9.17, 15) is 22.8 Å². The van der Waals surface area contributed by atoms with Gasteiger partial charge in [0.1, 0.15) is 6.54 Å². The number of fused-ring (bicyclic) bond motifs is 1. The molecule has 0 spiro atoms. The third-order valence-corrected chi connectivity index (χ3v) is 9.05. The van der Waals surface area contributed by atoms with Crippen molar-refractivity contribution in [3.8, 4) is 0 Å². The van der Waals surface area contributed by atoms with Crippen LogP contribution in [0.2, 0.25) is 0 Å². The number of aromatic nitrogens is 1. The molecule has 10 nitrogen and oxygen atoms in total. The minimum atomic E-state index is -3.63. The van der Waals surface area contributed by atoms with Gasteiger partial charge in [-0.2, -0.15) is 9.30 Å². The number of ether oxygens (including phenoxy) is 1. The van der Waals surface area contributed by atoms with Gasteiger partial charge in [0.05, 0.1) is 21.7 Å². The number of carbonyl (C=O) groups is 3. The Balaban J connectivity index is 1.66. The van der Waals surface area contributed by atoms with Crippen molar-refractivity contribution in [2.45, 2.75) is 51.0 Å². The fraction of sp³-hybridized carbons (Fsp3) is 0.385. The van der Waals surface area contributed by atoms with Crippen LogP contribution in [-0.2, 0) is 30.9 Å².